The third-order valence-electron chi connectivity index (χ3n) is 5.64. The predicted octanol–water partition coefficient (Wildman–Crippen LogP) is 3.16. The minimum atomic E-state index is 0. The number of aliphatic imine (C=N–C) groups is 1. The van der Waals surface area contributed by atoms with Crippen LogP contribution in [0.1, 0.15) is 58.3 Å². The van der Waals surface area contributed by atoms with Gasteiger partial charge in [-0.3, -0.25) is 4.99 Å². The van der Waals surface area contributed by atoms with Crippen LogP contribution in [0.5, 0.6) is 0 Å². The fourth-order valence-corrected chi connectivity index (χ4v) is 4.03. The van der Waals surface area contributed by atoms with Crippen LogP contribution in [0, 0.1) is 5.92 Å². The second-order valence-corrected chi connectivity index (χ2v) is 7.83. The number of likely N-dealkylation sites (N-methyl/N-ethyl adjacent to an activating group) is 1. The molecule has 0 unspecified atom stereocenters. The number of hydrogen-bond donors (Lipinski definition) is 2. The van der Waals surface area contributed by atoms with E-state index in [0.717, 1.165) is 38.1 Å². The molecule has 0 amide bonds. The number of guanidine groups is 1. The summed E-state index contributed by atoms with van der Waals surface area (Å²) in [4.78, 5) is 9.76. The Labute approximate surface area is 178 Å². The normalized spacial score (nSPS) is 20.6. The molecule has 1 saturated carbocycles. The van der Waals surface area contributed by atoms with Gasteiger partial charge in [0, 0.05) is 39.3 Å². The first-order valence-electron chi connectivity index (χ1n) is 10.7. The molecule has 1 saturated heterocycles. The molecule has 0 aromatic heterocycles. The Bertz CT molecular complexity index is 371. The van der Waals surface area contributed by atoms with Crippen molar-refractivity contribution in [2.75, 3.05) is 59.4 Å². The van der Waals surface area contributed by atoms with Gasteiger partial charge in [-0.15, -0.1) is 24.0 Å². The molecule has 26 heavy (non-hydrogen) atoms. The lowest BCUT2D eigenvalue weighted by Crippen LogP contribution is -2.42. The van der Waals surface area contributed by atoms with Crippen LogP contribution >= 0.6 is 24.0 Å². The molecule has 0 spiro atoms. The molecule has 2 fully saturated rings. The Balaban J connectivity index is 0.00000338. The average Bonchev–Trinajstić information content (AvgIpc) is 3.03. The summed E-state index contributed by atoms with van der Waals surface area (Å²) in [5, 5.41) is 6.90. The SMILES string of the molecule is CCNC(=NCCCCC1CCCC1)NCCN1CCCN(C)CC1.I. The van der Waals surface area contributed by atoms with Gasteiger partial charge in [0.2, 0.25) is 0 Å². The van der Waals surface area contributed by atoms with Crippen LogP contribution in [0.3, 0.4) is 0 Å². The quantitative estimate of drug-likeness (QED) is 0.231. The van der Waals surface area contributed by atoms with Crippen molar-refractivity contribution in [2.45, 2.75) is 58.3 Å². The lowest BCUT2D eigenvalue weighted by atomic mass is 10.0. The number of hydrogen-bond acceptors (Lipinski definition) is 3. The molecule has 154 valence electrons. The molecule has 2 rings (SSSR count). The Morgan fingerprint density at radius 2 is 1.81 bits per heavy atom. The van der Waals surface area contributed by atoms with E-state index in [-0.39, 0.29) is 24.0 Å². The van der Waals surface area contributed by atoms with Crippen molar-refractivity contribution >= 4 is 29.9 Å². The maximum Gasteiger partial charge on any atom is 0.191 e. The molecular weight excluding hydrogens is 437 g/mol. The molecule has 2 N–H and O–H groups in total. The Morgan fingerprint density at radius 3 is 2.58 bits per heavy atom. The van der Waals surface area contributed by atoms with E-state index in [1.54, 1.807) is 0 Å². The van der Waals surface area contributed by atoms with E-state index in [4.69, 9.17) is 4.99 Å². The first-order chi connectivity index (χ1) is 12.3. The van der Waals surface area contributed by atoms with E-state index in [2.05, 4.69) is 34.4 Å². The molecule has 6 heteroatoms. The van der Waals surface area contributed by atoms with E-state index in [9.17, 15) is 0 Å². The van der Waals surface area contributed by atoms with E-state index in [0.29, 0.717) is 0 Å². The molecule has 0 atom stereocenters. The first kappa shape index (κ1) is 24.0. The molecule has 1 aliphatic carbocycles. The van der Waals surface area contributed by atoms with E-state index in [1.807, 2.05) is 0 Å². The molecule has 0 bridgehead atoms. The Kier molecular flexibility index (Phi) is 13.7. The van der Waals surface area contributed by atoms with Crippen LogP contribution < -0.4 is 10.6 Å². The number of nitrogens with one attached hydrogen (secondary N) is 2. The van der Waals surface area contributed by atoms with Gasteiger partial charge in [-0.05, 0) is 45.8 Å². The Hall–Kier alpha value is -0.0800. The zero-order chi connectivity index (χ0) is 17.7. The highest BCUT2D eigenvalue weighted by Gasteiger charge is 2.14. The fraction of sp³-hybridized carbons (Fsp3) is 0.950. The third-order valence-corrected chi connectivity index (χ3v) is 5.64. The summed E-state index contributed by atoms with van der Waals surface area (Å²) < 4.78 is 0. The van der Waals surface area contributed by atoms with Gasteiger partial charge in [0.05, 0.1) is 0 Å². The minimum Gasteiger partial charge on any atom is -0.357 e. The monoisotopic (exact) mass is 479 g/mol. The van der Waals surface area contributed by atoms with E-state index < -0.39 is 0 Å². The summed E-state index contributed by atoms with van der Waals surface area (Å²) in [6.07, 6.45) is 11.1. The van der Waals surface area contributed by atoms with Gasteiger partial charge < -0.3 is 20.4 Å². The fourth-order valence-electron chi connectivity index (χ4n) is 4.03. The Morgan fingerprint density at radius 1 is 1.00 bits per heavy atom. The predicted molar refractivity (Wildman–Crippen MR) is 124 cm³/mol. The highest BCUT2D eigenvalue weighted by Crippen LogP contribution is 2.28. The van der Waals surface area contributed by atoms with Gasteiger partial charge in [-0.2, -0.15) is 0 Å². The second kappa shape index (κ2) is 14.9. The maximum atomic E-state index is 4.76. The standard InChI is InChI=1S/C20H41N5.HI/c1-3-21-20(22-12-7-6-11-19-9-4-5-10-19)23-13-16-25-15-8-14-24(2)17-18-25;/h19H,3-18H2,1-2H3,(H2,21,22,23);1H. The van der Waals surface area contributed by atoms with Crippen molar-refractivity contribution < 1.29 is 0 Å². The lowest BCUT2D eigenvalue weighted by molar-refractivity contribution is 0.280. The van der Waals surface area contributed by atoms with Crippen LogP contribution in [0.15, 0.2) is 4.99 Å². The van der Waals surface area contributed by atoms with Crippen LogP contribution in [0.25, 0.3) is 0 Å². The topological polar surface area (TPSA) is 42.9 Å². The van der Waals surface area contributed by atoms with Gasteiger partial charge in [0.25, 0.3) is 0 Å². The summed E-state index contributed by atoms with van der Waals surface area (Å²) in [6.45, 7) is 11.0. The van der Waals surface area contributed by atoms with Gasteiger partial charge in [0.1, 0.15) is 0 Å². The first-order valence-corrected chi connectivity index (χ1v) is 10.7. The van der Waals surface area contributed by atoms with Gasteiger partial charge >= 0.3 is 0 Å². The summed E-state index contributed by atoms with van der Waals surface area (Å²) in [7, 11) is 2.23. The van der Waals surface area contributed by atoms with Crippen molar-refractivity contribution in [3.8, 4) is 0 Å². The summed E-state index contributed by atoms with van der Waals surface area (Å²) in [6, 6.07) is 0. The van der Waals surface area contributed by atoms with E-state index in [1.165, 1.54) is 77.5 Å². The molecule has 0 aromatic rings. The van der Waals surface area contributed by atoms with Crippen LogP contribution in [-0.4, -0.2) is 75.2 Å². The summed E-state index contributed by atoms with van der Waals surface area (Å²) in [5.74, 6) is 2.01. The maximum absolute atomic E-state index is 4.76. The van der Waals surface area contributed by atoms with Crippen molar-refractivity contribution in [1.82, 2.24) is 20.4 Å². The number of rotatable bonds is 9. The molecule has 0 aromatic carbocycles. The van der Waals surface area contributed by atoms with Crippen LogP contribution in [0.2, 0.25) is 0 Å². The number of halogens is 1. The number of unbranched alkanes of at least 4 members (excludes halogenated alkanes) is 1. The second-order valence-electron chi connectivity index (χ2n) is 7.83. The van der Waals surface area contributed by atoms with Gasteiger partial charge in [-0.25, -0.2) is 0 Å². The summed E-state index contributed by atoms with van der Waals surface area (Å²) >= 11 is 0. The zero-order valence-corrected chi connectivity index (χ0v) is 19.5. The largest absolute Gasteiger partial charge is 0.357 e. The van der Waals surface area contributed by atoms with Gasteiger partial charge in [-0.1, -0.05) is 38.5 Å². The highest BCUT2D eigenvalue weighted by molar-refractivity contribution is 14.0. The molecule has 5 nitrogen and oxygen atoms in total. The molecule has 2 aliphatic rings. The molecule has 1 aliphatic heterocycles. The van der Waals surface area contributed by atoms with Crippen LogP contribution in [-0.2, 0) is 0 Å². The average molecular weight is 479 g/mol. The molecule has 1 heterocycles. The van der Waals surface area contributed by atoms with Crippen molar-refractivity contribution in [3.63, 3.8) is 0 Å². The third kappa shape index (κ3) is 10.3. The van der Waals surface area contributed by atoms with Gasteiger partial charge in [0.15, 0.2) is 5.96 Å². The lowest BCUT2D eigenvalue weighted by Gasteiger charge is -2.21. The highest BCUT2D eigenvalue weighted by atomic mass is 127. The smallest absolute Gasteiger partial charge is 0.191 e. The zero-order valence-electron chi connectivity index (χ0n) is 17.1. The van der Waals surface area contributed by atoms with Crippen molar-refractivity contribution in [1.29, 1.82) is 0 Å². The minimum absolute atomic E-state index is 0. The van der Waals surface area contributed by atoms with E-state index >= 15 is 0 Å². The number of nitrogens with zero attached hydrogens (tertiary/aromatic N) is 3. The summed E-state index contributed by atoms with van der Waals surface area (Å²) in [5.41, 5.74) is 0. The van der Waals surface area contributed by atoms with Crippen molar-refractivity contribution in [2.24, 2.45) is 10.9 Å². The molecular formula is C20H42IN5. The molecule has 0 radical (unpaired) electrons. The van der Waals surface area contributed by atoms with Crippen LogP contribution in [0.4, 0.5) is 0 Å². The van der Waals surface area contributed by atoms with Crippen molar-refractivity contribution in [3.05, 3.63) is 0 Å².